The zero-order valence-electron chi connectivity index (χ0n) is 8.29. The molecule has 3 nitrogen and oxygen atoms in total. The number of rotatable bonds is 2. The molecule has 76 valence electrons. The van der Waals surface area contributed by atoms with Gasteiger partial charge in [-0.3, -0.25) is 0 Å². The van der Waals surface area contributed by atoms with Crippen molar-refractivity contribution in [2.45, 2.75) is 44.6 Å². The first-order chi connectivity index (χ1) is 6.74. The minimum Gasteiger partial charge on any atom is -0.458 e. The Morgan fingerprint density at radius 1 is 1.29 bits per heavy atom. The Labute approximate surface area is 84.4 Å². The monoisotopic (exact) mass is 193 g/mol. The van der Waals surface area contributed by atoms with Crippen LogP contribution in [0, 0.1) is 11.3 Å². The molecule has 14 heavy (non-hydrogen) atoms. The normalized spacial score (nSPS) is 17.9. The number of nitriles is 1. The summed E-state index contributed by atoms with van der Waals surface area (Å²) in [6.45, 7) is 3.33. The molecule has 0 aliphatic heterocycles. The smallest absolute Gasteiger partial charge is 0.348 e. The molecule has 1 aliphatic carbocycles. The summed E-state index contributed by atoms with van der Waals surface area (Å²) in [5.41, 5.74) is -0.103. The van der Waals surface area contributed by atoms with E-state index in [1.165, 1.54) is 12.8 Å². The fourth-order valence-electron chi connectivity index (χ4n) is 1.63. The lowest BCUT2D eigenvalue weighted by Crippen LogP contribution is -2.18. The van der Waals surface area contributed by atoms with Crippen LogP contribution in [0.3, 0.4) is 0 Å². The summed E-state index contributed by atoms with van der Waals surface area (Å²) in [4.78, 5) is 11.2. The maximum atomic E-state index is 11.2. The molecule has 0 heterocycles. The lowest BCUT2D eigenvalue weighted by Gasteiger charge is -2.14. The van der Waals surface area contributed by atoms with Gasteiger partial charge in [-0.1, -0.05) is 19.4 Å². The predicted octanol–water partition coefficient (Wildman–Crippen LogP) is 2.33. The first-order valence-electron chi connectivity index (χ1n) is 5.04. The molecule has 0 radical (unpaired) electrons. The van der Waals surface area contributed by atoms with Gasteiger partial charge in [0.1, 0.15) is 17.7 Å². The maximum absolute atomic E-state index is 11.2. The average Bonchev–Trinajstić information content (AvgIpc) is 2.45. The molecular weight excluding hydrogens is 178 g/mol. The van der Waals surface area contributed by atoms with E-state index in [0.29, 0.717) is 0 Å². The Morgan fingerprint density at radius 3 is 2.36 bits per heavy atom. The van der Waals surface area contributed by atoms with E-state index in [2.05, 4.69) is 6.58 Å². The Kier molecular flexibility index (Phi) is 4.18. The minimum atomic E-state index is -0.556. The first-order valence-corrected chi connectivity index (χ1v) is 5.04. The van der Waals surface area contributed by atoms with E-state index < -0.39 is 5.97 Å². The van der Waals surface area contributed by atoms with Gasteiger partial charge >= 0.3 is 5.97 Å². The summed E-state index contributed by atoms with van der Waals surface area (Å²) < 4.78 is 5.16. The molecular formula is C11H15NO2. The molecule has 1 fully saturated rings. The lowest BCUT2D eigenvalue weighted by molar-refractivity contribution is -0.144. The Morgan fingerprint density at radius 2 is 1.86 bits per heavy atom. The second kappa shape index (κ2) is 5.43. The van der Waals surface area contributed by atoms with Crippen LogP contribution in [0.15, 0.2) is 12.2 Å². The molecule has 0 atom stereocenters. The number of nitrogens with zero attached hydrogens (tertiary/aromatic N) is 1. The second-order valence-corrected chi connectivity index (χ2v) is 3.61. The largest absolute Gasteiger partial charge is 0.458 e. The summed E-state index contributed by atoms with van der Waals surface area (Å²) >= 11 is 0. The SMILES string of the molecule is C=C(C#N)C(=O)OC1CCCCCC1. The van der Waals surface area contributed by atoms with Crippen molar-refractivity contribution < 1.29 is 9.53 Å². The van der Waals surface area contributed by atoms with E-state index in [-0.39, 0.29) is 11.7 Å². The third kappa shape index (κ3) is 3.21. The van der Waals surface area contributed by atoms with Crippen LogP contribution in [0.5, 0.6) is 0 Å². The van der Waals surface area contributed by atoms with Crippen molar-refractivity contribution in [2.75, 3.05) is 0 Å². The molecule has 1 rings (SSSR count). The van der Waals surface area contributed by atoms with Gasteiger partial charge in [0, 0.05) is 0 Å². The third-order valence-corrected chi connectivity index (χ3v) is 2.46. The average molecular weight is 193 g/mol. The highest BCUT2D eigenvalue weighted by Crippen LogP contribution is 2.20. The van der Waals surface area contributed by atoms with E-state index in [9.17, 15) is 4.79 Å². The molecule has 3 heteroatoms. The van der Waals surface area contributed by atoms with E-state index in [4.69, 9.17) is 10.00 Å². The van der Waals surface area contributed by atoms with E-state index >= 15 is 0 Å². The number of carbonyl (C=O) groups is 1. The van der Waals surface area contributed by atoms with Crippen LogP contribution in [0.2, 0.25) is 0 Å². The molecule has 0 aromatic rings. The lowest BCUT2D eigenvalue weighted by atomic mass is 10.1. The van der Waals surface area contributed by atoms with Crippen LogP contribution >= 0.6 is 0 Å². The molecule has 0 amide bonds. The third-order valence-electron chi connectivity index (χ3n) is 2.46. The van der Waals surface area contributed by atoms with Crippen molar-refractivity contribution in [3.05, 3.63) is 12.2 Å². The molecule has 0 bridgehead atoms. The highest BCUT2D eigenvalue weighted by Gasteiger charge is 2.17. The summed E-state index contributed by atoms with van der Waals surface area (Å²) in [5, 5.41) is 8.44. The second-order valence-electron chi connectivity index (χ2n) is 3.61. The fraction of sp³-hybridized carbons (Fsp3) is 0.636. The number of esters is 1. The summed E-state index contributed by atoms with van der Waals surface area (Å²) in [6, 6.07) is 1.70. The van der Waals surface area contributed by atoms with Gasteiger partial charge in [0.15, 0.2) is 0 Å². The van der Waals surface area contributed by atoms with Crippen LogP contribution in [-0.4, -0.2) is 12.1 Å². The molecule has 0 aromatic heterocycles. The minimum absolute atomic E-state index is 0.00454. The van der Waals surface area contributed by atoms with Gasteiger partial charge < -0.3 is 4.74 Å². The Hall–Kier alpha value is -1.30. The van der Waals surface area contributed by atoms with Crippen molar-refractivity contribution in [2.24, 2.45) is 0 Å². The van der Waals surface area contributed by atoms with Gasteiger partial charge in [-0.15, -0.1) is 0 Å². The van der Waals surface area contributed by atoms with Crippen molar-refractivity contribution in [1.82, 2.24) is 0 Å². The molecule has 0 N–H and O–H groups in total. The standard InChI is InChI=1S/C11H15NO2/c1-9(8-12)11(13)14-10-6-4-2-3-5-7-10/h10H,1-7H2. The molecule has 1 saturated carbocycles. The van der Waals surface area contributed by atoms with Crippen molar-refractivity contribution in [3.8, 4) is 6.07 Å². The molecule has 1 aliphatic rings. The fourth-order valence-corrected chi connectivity index (χ4v) is 1.63. The van der Waals surface area contributed by atoms with Crippen LogP contribution in [0.25, 0.3) is 0 Å². The summed E-state index contributed by atoms with van der Waals surface area (Å²) in [6.07, 6.45) is 6.48. The van der Waals surface area contributed by atoms with Crippen LogP contribution in [0.1, 0.15) is 38.5 Å². The van der Waals surface area contributed by atoms with Gasteiger partial charge in [0.25, 0.3) is 0 Å². The highest BCUT2D eigenvalue weighted by atomic mass is 16.5. The van der Waals surface area contributed by atoms with Gasteiger partial charge in [0.05, 0.1) is 0 Å². The number of hydrogen-bond acceptors (Lipinski definition) is 3. The van der Waals surface area contributed by atoms with Crippen LogP contribution in [-0.2, 0) is 9.53 Å². The van der Waals surface area contributed by atoms with Gasteiger partial charge in [-0.2, -0.15) is 5.26 Å². The predicted molar refractivity (Wildman–Crippen MR) is 52.3 cm³/mol. The first kappa shape index (κ1) is 10.8. The molecule has 0 spiro atoms. The Bertz CT molecular complexity index is 257. The van der Waals surface area contributed by atoms with Gasteiger partial charge in [-0.25, -0.2) is 4.79 Å². The van der Waals surface area contributed by atoms with Crippen molar-refractivity contribution in [1.29, 1.82) is 5.26 Å². The molecule has 0 aromatic carbocycles. The van der Waals surface area contributed by atoms with Gasteiger partial charge in [-0.05, 0) is 25.7 Å². The van der Waals surface area contributed by atoms with E-state index in [1.807, 2.05) is 0 Å². The van der Waals surface area contributed by atoms with Crippen LogP contribution < -0.4 is 0 Å². The number of hydrogen-bond donors (Lipinski definition) is 0. The highest BCUT2D eigenvalue weighted by molar-refractivity contribution is 5.92. The van der Waals surface area contributed by atoms with Gasteiger partial charge in [0.2, 0.25) is 0 Å². The molecule has 0 saturated heterocycles. The summed E-state index contributed by atoms with van der Waals surface area (Å²) in [7, 11) is 0. The van der Waals surface area contributed by atoms with E-state index in [1.54, 1.807) is 6.07 Å². The zero-order chi connectivity index (χ0) is 10.4. The molecule has 0 unspecified atom stereocenters. The maximum Gasteiger partial charge on any atom is 0.348 e. The topological polar surface area (TPSA) is 50.1 Å². The zero-order valence-corrected chi connectivity index (χ0v) is 8.29. The van der Waals surface area contributed by atoms with E-state index in [0.717, 1.165) is 25.7 Å². The van der Waals surface area contributed by atoms with Crippen molar-refractivity contribution in [3.63, 3.8) is 0 Å². The summed E-state index contributed by atoms with van der Waals surface area (Å²) in [5.74, 6) is -0.556. The number of ether oxygens (including phenoxy) is 1. The van der Waals surface area contributed by atoms with Crippen molar-refractivity contribution >= 4 is 5.97 Å². The Balaban J connectivity index is 2.39. The van der Waals surface area contributed by atoms with Crippen LogP contribution in [0.4, 0.5) is 0 Å². The quantitative estimate of drug-likeness (QED) is 0.293. The number of carbonyl (C=O) groups excluding carboxylic acids is 1.